The van der Waals surface area contributed by atoms with E-state index in [1.165, 1.54) is 6.07 Å². The van der Waals surface area contributed by atoms with Gasteiger partial charge in [-0.2, -0.15) is 0 Å². The number of halogens is 1. The maximum Gasteiger partial charge on any atom is 0.410 e. The number of benzene rings is 1. The van der Waals surface area contributed by atoms with Crippen molar-refractivity contribution in [3.8, 4) is 0 Å². The molecule has 3 heterocycles. The largest absolute Gasteiger partial charge is 0.457 e. The number of nitrogens with zero attached hydrogens (tertiary/aromatic N) is 4. The van der Waals surface area contributed by atoms with Crippen molar-refractivity contribution in [3.05, 3.63) is 47.3 Å². The third kappa shape index (κ3) is 11.5. The highest BCUT2D eigenvalue weighted by molar-refractivity contribution is 5.71. The lowest BCUT2D eigenvalue weighted by Crippen LogP contribution is -2.48. The second-order valence-electron chi connectivity index (χ2n) is 14.6. The van der Waals surface area contributed by atoms with Crippen molar-refractivity contribution in [2.45, 2.75) is 84.7 Å². The van der Waals surface area contributed by atoms with Crippen LogP contribution in [0.15, 0.2) is 35.9 Å². The summed E-state index contributed by atoms with van der Waals surface area (Å²) in [6.07, 6.45) is 4.53. The Labute approximate surface area is 292 Å². The van der Waals surface area contributed by atoms with Crippen molar-refractivity contribution >= 4 is 23.8 Å². The number of aliphatic hydroxyl groups excluding tert-OH is 2. The van der Waals surface area contributed by atoms with Gasteiger partial charge in [-0.05, 0) is 80.5 Å². The van der Waals surface area contributed by atoms with Crippen LogP contribution >= 0.6 is 0 Å². The molecule has 0 aliphatic carbocycles. The number of aliphatic hydroxyl groups is 2. The molecule has 1 amide bonds. The SMILES string of the molecule is CC[C@@H](O)[C@@H](C)CN1CCN(c2cc(F)cc(/C=C(\C)[C@H]3OC(=O)C[C@@H](O)CC[C@@H](C)[C@@H](OC(=O)N4CCN(C)CC4)/C=C\[C@@H]3C)c2)CC1. The minimum atomic E-state index is -0.876. The molecule has 10 nitrogen and oxygen atoms in total. The highest BCUT2D eigenvalue weighted by atomic mass is 19.1. The molecule has 11 heteroatoms. The Bertz CT molecular complexity index is 1290. The number of cyclic esters (lactones) is 1. The van der Waals surface area contributed by atoms with Gasteiger partial charge in [-0.25, -0.2) is 9.18 Å². The number of likely N-dealkylation sites (N-methyl/N-ethyl adjacent to an activating group) is 1. The number of carbonyl (C=O) groups is 2. The first-order valence-corrected chi connectivity index (χ1v) is 18.2. The topological polar surface area (TPSA) is 106 Å². The Kier molecular flexibility index (Phi) is 14.5. The average Bonchev–Trinajstić information content (AvgIpc) is 3.07. The van der Waals surface area contributed by atoms with Crippen molar-refractivity contribution < 1.29 is 33.7 Å². The number of rotatable bonds is 8. The van der Waals surface area contributed by atoms with E-state index in [2.05, 4.69) is 21.6 Å². The van der Waals surface area contributed by atoms with Crippen LogP contribution < -0.4 is 4.90 Å². The van der Waals surface area contributed by atoms with Crippen LogP contribution in [0.5, 0.6) is 0 Å². The van der Waals surface area contributed by atoms with Gasteiger partial charge in [0.15, 0.2) is 0 Å². The average molecular weight is 687 g/mol. The van der Waals surface area contributed by atoms with Gasteiger partial charge in [0.25, 0.3) is 0 Å². The molecular formula is C38H59FN4O6. The van der Waals surface area contributed by atoms with E-state index in [1.807, 2.05) is 59.0 Å². The van der Waals surface area contributed by atoms with Crippen LogP contribution in [0, 0.1) is 23.6 Å². The summed E-state index contributed by atoms with van der Waals surface area (Å²) in [7, 11) is 2.03. The van der Waals surface area contributed by atoms with Crippen molar-refractivity contribution in [1.82, 2.24) is 14.7 Å². The summed E-state index contributed by atoms with van der Waals surface area (Å²) in [6.45, 7) is 16.7. The number of hydrogen-bond donors (Lipinski definition) is 2. The lowest BCUT2D eigenvalue weighted by molar-refractivity contribution is -0.151. The Hall–Kier alpha value is -2.99. The molecule has 3 aliphatic rings. The van der Waals surface area contributed by atoms with Crippen LogP contribution in [0.25, 0.3) is 6.08 Å². The smallest absolute Gasteiger partial charge is 0.410 e. The standard InChI is InChI=1S/C38H59FN4O6/c1-7-34(45)29(5)25-41-14-18-42(19-15-41)32-22-30(21-31(39)23-32)20-28(4)37-27(3)9-11-35(26(2)8-10-33(44)24-36(46)49-37)48-38(47)43-16-12-40(6)13-17-43/h9,11,20-23,26-27,29,33-35,37,44-45H,7-8,10,12-19,24-25H2,1-6H3/b11-9-,28-20+/t26-,27+,29+,33+,34-,35+,37+/m1/s1. The Balaban J connectivity index is 1.50. The van der Waals surface area contributed by atoms with Gasteiger partial charge in [-0.3, -0.25) is 9.69 Å². The molecule has 2 fully saturated rings. The van der Waals surface area contributed by atoms with Gasteiger partial charge >= 0.3 is 12.1 Å². The Morgan fingerprint density at radius 2 is 1.76 bits per heavy atom. The summed E-state index contributed by atoms with van der Waals surface area (Å²) in [6, 6.07) is 5.00. The molecule has 4 rings (SSSR count). The summed E-state index contributed by atoms with van der Waals surface area (Å²) in [5, 5.41) is 20.9. The first kappa shape index (κ1) is 38.8. The quantitative estimate of drug-likeness (QED) is 0.295. The number of piperazine rings is 2. The molecule has 0 bridgehead atoms. The number of carbonyl (C=O) groups excluding carboxylic acids is 2. The van der Waals surface area contributed by atoms with Crippen molar-refractivity contribution in [2.75, 3.05) is 70.9 Å². The first-order valence-electron chi connectivity index (χ1n) is 18.2. The summed E-state index contributed by atoms with van der Waals surface area (Å²) >= 11 is 0. The summed E-state index contributed by atoms with van der Waals surface area (Å²) in [4.78, 5) is 34.5. The van der Waals surface area contributed by atoms with Gasteiger partial charge in [-0.1, -0.05) is 39.8 Å². The van der Waals surface area contributed by atoms with Gasteiger partial charge in [0.05, 0.1) is 18.6 Å². The summed E-state index contributed by atoms with van der Waals surface area (Å²) in [5.74, 6) is -0.996. The van der Waals surface area contributed by atoms with Crippen molar-refractivity contribution in [2.24, 2.45) is 17.8 Å². The molecule has 0 radical (unpaired) electrons. The highest BCUT2D eigenvalue weighted by Gasteiger charge is 2.29. The van der Waals surface area contributed by atoms with Gasteiger partial charge in [0.2, 0.25) is 0 Å². The molecule has 274 valence electrons. The van der Waals surface area contributed by atoms with Crippen LogP contribution in [-0.2, 0) is 14.3 Å². The Morgan fingerprint density at radius 1 is 1.06 bits per heavy atom. The first-order chi connectivity index (χ1) is 23.3. The zero-order valence-electron chi connectivity index (χ0n) is 30.4. The fourth-order valence-corrected chi connectivity index (χ4v) is 6.96. The summed E-state index contributed by atoms with van der Waals surface area (Å²) in [5.41, 5.74) is 2.20. The van der Waals surface area contributed by atoms with E-state index >= 15 is 4.39 Å². The van der Waals surface area contributed by atoms with Gasteiger partial charge in [0, 0.05) is 70.5 Å². The van der Waals surface area contributed by atoms with Crippen LogP contribution in [0.1, 0.15) is 65.9 Å². The third-order valence-corrected chi connectivity index (χ3v) is 10.4. The molecule has 2 N–H and O–H groups in total. The number of esters is 1. The number of ether oxygens (including phenoxy) is 2. The van der Waals surface area contributed by atoms with E-state index in [0.29, 0.717) is 31.5 Å². The molecule has 3 aliphatic heterocycles. The zero-order chi connectivity index (χ0) is 35.7. The van der Waals surface area contributed by atoms with E-state index in [0.717, 1.165) is 63.5 Å². The fraction of sp³-hybridized carbons (Fsp3) is 0.684. The minimum absolute atomic E-state index is 0.0704. The monoisotopic (exact) mass is 686 g/mol. The van der Waals surface area contributed by atoms with Crippen LogP contribution in [0.3, 0.4) is 0 Å². The second-order valence-corrected chi connectivity index (χ2v) is 14.6. The molecule has 0 aromatic heterocycles. The van der Waals surface area contributed by atoms with E-state index in [9.17, 15) is 19.8 Å². The van der Waals surface area contributed by atoms with Crippen LogP contribution in [0.4, 0.5) is 14.9 Å². The Morgan fingerprint density at radius 3 is 2.43 bits per heavy atom. The van der Waals surface area contributed by atoms with E-state index < -0.39 is 24.3 Å². The third-order valence-electron chi connectivity index (χ3n) is 10.4. The molecule has 0 saturated carbocycles. The number of hydrogen-bond acceptors (Lipinski definition) is 9. The molecule has 49 heavy (non-hydrogen) atoms. The maximum atomic E-state index is 15.0. The second kappa shape index (κ2) is 18.3. The molecule has 7 atom stereocenters. The van der Waals surface area contributed by atoms with E-state index in [1.54, 1.807) is 11.0 Å². The summed E-state index contributed by atoms with van der Waals surface area (Å²) < 4.78 is 27.0. The normalized spacial score (nSPS) is 29.0. The van der Waals surface area contributed by atoms with Crippen LogP contribution in [0.2, 0.25) is 0 Å². The predicted molar refractivity (Wildman–Crippen MR) is 191 cm³/mol. The predicted octanol–water partition coefficient (Wildman–Crippen LogP) is 4.80. The van der Waals surface area contributed by atoms with Gasteiger partial charge < -0.3 is 34.4 Å². The number of amides is 1. The lowest BCUT2D eigenvalue weighted by Gasteiger charge is -2.38. The molecule has 0 spiro atoms. The van der Waals surface area contributed by atoms with E-state index in [-0.39, 0.29) is 42.2 Å². The maximum absolute atomic E-state index is 15.0. The lowest BCUT2D eigenvalue weighted by atomic mass is 9.91. The highest BCUT2D eigenvalue weighted by Crippen LogP contribution is 2.28. The molecule has 1 aromatic carbocycles. The fourth-order valence-electron chi connectivity index (χ4n) is 6.96. The minimum Gasteiger partial charge on any atom is -0.457 e. The molecule has 0 unspecified atom stereocenters. The van der Waals surface area contributed by atoms with Crippen molar-refractivity contribution in [3.63, 3.8) is 0 Å². The van der Waals surface area contributed by atoms with Crippen molar-refractivity contribution in [1.29, 1.82) is 0 Å². The number of anilines is 1. The molecule has 1 aromatic rings. The van der Waals surface area contributed by atoms with Gasteiger partial charge in [-0.15, -0.1) is 0 Å². The van der Waals surface area contributed by atoms with E-state index in [4.69, 9.17) is 9.47 Å². The molecule has 2 saturated heterocycles. The molecular weight excluding hydrogens is 627 g/mol. The van der Waals surface area contributed by atoms with Crippen LogP contribution in [-0.4, -0.2) is 127 Å². The zero-order valence-corrected chi connectivity index (χ0v) is 30.4. The van der Waals surface area contributed by atoms with Gasteiger partial charge in [0.1, 0.15) is 18.0 Å².